The van der Waals surface area contributed by atoms with Crippen molar-refractivity contribution in [2.75, 3.05) is 19.7 Å². The van der Waals surface area contributed by atoms with E-state index in [0.717, 1.165) is 29.0 Å². The average Bonchev–Trinajstić information content (AvgIpc) is 3.07. The molecule has 0 unspecified atom stereocenters. The normalized spacial score (nSPS) is 11.6. The van der Waals surface area contributed by atoms with Gasteiger partial charge in [-0.05, 0) is 19.1 Å². The summed E-state index contributed by atoms with van der Waals surface area (Å²) in [5.41, 5.74) is 1.20. The Labute approximate surface area is 177 Å². The number of aliphatic imine (C=N–C) groups is 1. The number of nitrogens with one attached hydrogen (secondary N) is 2. The minimum Gasteiger partial charge on any atom is -0.492 e. The second-order valence-corrected chi connectivity index (χ2v) is 7.60. The summed E-state index contributed by atoms with van der Waals surface area (Å²) in [6, 6.07) is 9.82. The molecule has 26 heavy (non-hydrogen) atoms. The van der Waals surface area contributed by atoms with E-state index < -0.39 is 0 Å². The van der Waals surface area contributed by atoms with E-state index in [9.17, 15) is 0 Å². The van der Waals surface area contributed by atoms with Gasteiger partial charge in [0.1, 0.15) is 17.4 Å². The minimum absolute atomic E-state index is 0. The number of halogens is 1. The summed E-state index contributed by atoms with van der Waals surface area (Å²) in [6.45, 7) is 11.2. The Morgan fingerprint density at radius 3 is 2.54 bits per heavy atom. The van der Waals surface area contributed by atoms with E-state index in [1.807, 2.05) is 30.3 Å². The molecule has 0 fully saturated rings. The number of rotatable bonds is 7. The van der Waals surface area contributed by atoms with Gasteiger partial charge in [-0.3, -0.25) is 0 Å². The van der Waals surface area contributed by atoms with Crippen LogP contribution in [0.1, 0.15) is 38.4 Å². The highest BCUT2D eigenvalue weighted by molar-refractivity contribution is 14.0. The molecule has 144 valence electrons. The van der Waals surface area contributed by atoms with E-state index in [-0.39, 0.29) is 29.4 Å². The smallest absolute Gasteiger partial charge is 0.191 e. The maximum absolute atomic E-state index is 5.68. The lowest BCUT2D eigenvalue weighted by molar-refractivity contribution is 0.322. The standard InChI is InChI=1S/C19H28N4OS.HI/c1-5-20-18(21-11-12-24-15-9-7-6-8-10-15)22-13-17-23-16(14-25-17)19(2,3)4;/h6-10,14H,5,11-13H2,1-4H3,(H2,20,21,22);1H. The quantitative estimate of drug-likeness (QED) is 0.266. The lowest BCUT2D eigenvalue weighted by Crippen LogP contribution is -2.39. The summed E-state index contributed by atoms with van der Waals surface area (Å²) in [5, 5.41) is 9.69. The van der Waals surface area contributed by atoms with Crippen LogP contribution >= 0.6 is 35.3 Å². The Bertz CT molecular complexity index is 668. The molecule has 2 N–H and O–H groups in total. The van der Waals surface area contributed by atoms with E-state index in [2.05, 4.69) is 53.7 Å². The molecule has 2 rings (SSSR count). The Balaban J connectivity index is 0.00000338. The van der Waals surface area contributed by atoms with E-state index in [0.29, 0.717) is 19.7 Å². The maximum Gasteiger partial charge on any atom is 0.191 e. The van der Waals surface area contributed by atoms with Crippen molar-refractivity contribution in [2.24, 2.45) is 4.99 Å². The number of nitrogens with zero attached hydrogens (tertiary/aromatic N) is 2. The number of hydrogen-bond acceptors (Lipinski definition) is 4. The van der Waals surface area contributed by atoms with Gasteiger partial charge < -0.3 is 15.4 Å². The predicted octanol–water partition coefficient (Wildman–Crippen LogP) is 4.19. The van der Waals surface area contributed by atoms with Gasteiger partial charge in [0.2, 0.25) is 0 Å². The molecule has 1 aromatic heterocycles. The molecule has 7 heteroatoms. The molecule has 0 aliphatic heterocycles. The van der Waals surface area contributed by atoms with Gasteiger partial charge in [-0.2, -0.15) is 0 Å². The zero-order valence-corrected chi connectivity index (χ0v) is 19.1. The fourth-order valence-corrected chi connectivity index (χ4v) is 3.02. The van der Waals surface area contributed by atoms with Crippen molar-refractivity contribution >= 4 is 41.3 Å². The summed E-state index contributed by atoms with van der Waals surface area (Å²) in [7, 11) is 0. The third-order valence-electron chi connectivity index (χ3n) is 3.44. The lowest BCUT2D eigenvalue weighted by Gasteiger charge is -2.14. The highest BCUT2D eigenvalue weighted by atomic mass is 127. The molecule has 0 radical (unpaired) electrons. The predicted molar refractivity (Wildman–Crippen MR) is 121 cm³/mol. The van der Waals surface area contributed by atoms with Gasteiger partial charge in [-0.25, -0.2) is 9.98 Å². The molecule has 5 nitrogen and oxygen atoms in total. The fourth-order valence-electron chi connectivity index (χ4n) is 2.07. The van der Waals surface area contributed by atoms with Crippen LogP contribution in [-0.2, 0) is 12.0 Å². The van der Waals surface area contributed by atoms with Crippen LogP contribution in [-0.4, -0.2) is 30.6 Å². The van der Waals surface area contributed by atoms with Gasteiger partial charge in [0, 0.05) is 17.3 Å². The molecule has 1 heterocycles. The van der Waals surface area contributed by atoms with Crippen LogP contribution in [0.3, 0.4) is 0 Å². The largest absolute Gasteiger partial charge is 0.492 e. The van der Waals surface area contributed by atoms with Gasteiger partial charge >= 0.3 is 0 Å². The van der Waals surface area contributed by atoms with Gasteiger partial charge in [-0.1, -0.05) is 39.0 Å². The molecule has 0 spiro atoms. The van der Waals surface area contributed by atoms with Crippen molar-refractivity contribution in [1.82, 2.24) is 15.6 Å². The lowest BCUT2D eigenvalue weighted by atomic mass is 9.93. The SMILES string of the molecule is CCNC(=NCc1nc(C(C)(C)C)cs1)NCCOc1ccccc1.I. The van der Waals surface area contributed by atoms with Gasteiger partial charge in [0.05, 0.1) is 18.8 Å². The van der Waals surface area contributed by atoms with Crippen LogP contribution in [0.5, 0.6) is 5.75 Å². The topological polar surface area (TPSA) is 58.5 Å². The van der Waals surface area contributed by atoms with Crippen molar-refractivity contribution in [3.05, 3.63) is 46.4 Å². The first-order chi connectivity index (χ1) is 12.0. The van der Waals surface area contributed by atoms with Crippen LogP contribution in [0.15, 0.2) is 40.7 Å². The summed E-state index contributed by atoms with van der Waals surface area (Å²) in [6.07, 6.45) is 0. The number of guanidine groups is 1. The van der Waals surface area contributed by atoms with Crippen molar-refractivity contribution in [1.29, 1.82) is 0 Å². The second-order valence-electron chi connectivity index (χ2n) is 6.66. The maximum atomic E-state index is 5.68. The summed E-state index contributed by atoms with van der Waals surface area (Å²) < 4.78 is 5.68. The van der Waals surface area contributed by atoms with Crippen LogP contribution in [0.25, 0.3) is 0 Å². The second kappa shape index (κ2) is 11.4. The zero-order chi connectivity index (χ0) is 18.1. The molecule has 0 aliphatic rings. The monoisotopic (exact) mass is 488 g/mol. The first-order valence-electron chi connectivity index (χ1n) is 8.64. The minimum atomic E-state index is 0. The first kappa shape index (κ1) is 22.7. The van der Waals surface area contributed by atoms with Gasteiger partial charge in [0.25, 0.3) is 0 Å². The molecule has 0 bridgehead atoms. The Morgan fingerprint density at radius 2 is 1.92 bits per heavy atom. The average molecular weight is 488 g/mol. The van der Waals surface area contributed by atoms with Crippen LogP contribution in [0.2, 0.25) is 0 Å². The van der Waals surface area contributed by atoms with Crippen LogP contribution < -0.4 is 15.4 Å². The summed E-state index contributed by atoms with van der Waals surface area (Å²) in [5.74, 6) is 1.66. The third kappa shape index (κ3) is 7.90. The third-order valence-corrected chi connectivity index (χ3v) is 4.28. The van der Waals surface area contributed by atoms with E-state index in [4.69, 9.17) is 4.74 Å². The molecule has 0 atom stereocenters. The highest BCUT2D eigenvalue weighted by Gasteiger charge is 2.17. The molecular formula is C19H29IN4OS. The zero-order valence-electron chi connectivity index (χ0n) is 15.9. The molecule has 1 aromatic carbocycles. The number of para-hydroxylation sites is 1. The molecular weight excluding hydrogens is 459 g/mol. The Morgan fingerprint density at radius 1 is 1.19 bits per heavy atom. The number of aromatic nitrogens is 1. The summed E-state index contributed by atoms with van der Waals surface area (Å²) >= 11 is 1.66. The van der Waals surface area contributed by atoms with Crippen molar-refractivity contribution in [3.8, 4) is 5.75 Å². The molecule has 0 saturated carbocycles. The van der Waals surface area contributed by atoms with Gasteiger partial charge in [0.15, 0.2) is 5.96 Å². The highest BCUT2D eigenvalue weighted by Crippen LogP contribution is 2.24. The Kier molecular flexibility index (Phi) is 9.93. The molecule has 0 aliphatic carbocycles. The van der Waals surface area contributed by atoms with E-state index >= 15 is 0 Å². The number of thiazole rings is 1. The van der Waals surface area contributed by atoms with Gasteiger partial charge in [-0.15, -0.1) is 35.3 Å². The molecule has 0 amide bonds. The summed E-state index contributed by atoms with van der Waals surface area (Å²) in [4.78, 5) is 9.29. The van der Waals surface area contributed by atoms with Crippen molar-refractivity contribution in [2.45, 2.75) is 39.7 Å². The number of hydrogen-bond donors (Lipinski definition) is 2. The van der Waals surface area contributed by atoms with Crippen LogP contribution in [0, 0.1) is 0 Å². The van der Waals surface area contributed by atoms with Crippen molar-refractivity contribution < 1.29 is 4.74 Å². The number of ether oxygens (including phenoxy) is 1. The number of benzene rings is 1. The first-order valence-corrected chi connectivity index (χ1v) is 9.52. The van der Waals surface area contributed by atoms with E-state index in [1.165, 1.54) is 0 Å². The Hall–Kier alpha value is -1.35. The molecule has 2 aromatic rings. The van der Waals surface area contributed by atoms with E-state index in [1.54, 1.807) is 11.3 Å². The van der Waals surface area contributed by atoms with Crippen molar-refractivity contribution in [3.63, 3.8) is 0 Å². The fraction of sp³-hybridized carbons (Fsp3) is 0.474. The van der Waals surface area contributed by atoms with Crippen LogP contribution in [0.4, 0.5) is 0 Å². The molecule has 0 saturated heterocycles.